The summed E-state index contributed by atoms with van der Waals surface area (Å²) in [6.07, 6.45) is 0. The van der Waals surface area contributed by atoms with E-state index in [2.05, 4.69) is 10.6 Å². The van der Waals surface area contributed by atoms with Gasteiger partial charge in [0.2, 0.25) is 11.7 Å². The molecule has 0 aliphatic carbocycles. The molecule has 1 aromatic heterocycles. The maximum absolute atomic E-state index is 12.9. The van der Waals surface area contributed by atoms with Gasteiger partial charge >= 0.3 is 0 Å². The molecule has 0 unspecified atom stereocenters. The summed E-state index contributed by atoms with van der Waals surface area (Å²) in [6, 6.07) is 14.2. The van der Waals surface area contributed by atoms with E-state index >= 15 is 0 Å². The number of furan rings is 1. The number of rotatable bonds is 8. The van der Waals surface area contributed by atoms with Crippen LogP contribution in [0.2, 0.25) is 0 Å². The zero-order chi connectivity index (χ0) is 19.9. The molecule has 0 saturated heterocycles. The fraction of sp³-hybridized carbons (Fsp3) is 0.238. The third-order valence-corrected chi connectivity index (χ3v) is 3.94. The minimum Gasteiger partial charge on any atom is -0.492 e. The topological polar surface area (TPSA) is 89.8 Å². The Morgan fingerprint density at radius 3 is 2.50 bits per heavy atom. The van der Waals surface area contributed by atoms with Gasteiger partial charge in [-0.25, -0.2) is 0 Å². The van der Waals surface area contributed by atoms with Gasteiger partial charge in [-0.15, -0.1) is 0 Å². The first-order chi connectivity index (χ1) is 13.6. The summed E-state index contributed by atoms with van der Waals surface area (Å²) in [6.45, 7) is 4.45. The first kappa shape index (κ1) is 19.4. The molecule has 2 amide bonds. The lowest BCUT2D eigenvalue weighted by atomic mass is 10.2. The van der Waals surface area contributed by atoms with Gasteiger partial charge in [0.25, 0.3) is 5.91 Å². The minimum absolute atomic E-state index is 0.0114. The molecule has 3 rings (SSSR count). The van der Waals surface area contributed by atoms with Crippen LogP contribution in [0.15, 0.2) is 52.9 Å². The quantitative estimate of drug-likeness (QED) is 0.613. The molecule has 2 N–H and O–H groups in total. The average molecular weight is 382 g/mol. The van der Waals surface area contributed by atoms with Gasteiger partial charge in [0, 0.05) is 12.0 Å². The van der Waals surface area contributed by atoms with E-state index in [1.165, 1.54) is 0 Å². The molecule has 2 aromatic carbocycles. The van der Waals surface area contributed by atoms with Crippen LogP contribution in [0.3, 0.4) is 0 Å². The molecule has 146 valence electrons. The molecule has 0 spiro atoms. The molecular weight excluding hydrogens is 360 g/mol. The SMILES string of the molecule is CCOCC(=O)Nc1c(C(=O)Nc2ccccc2OCC)oc2ccccc12. The summed E-state index contributed by atoms with van der Waals surface area (Å²) in [5.74, 6) is -0.291. The Balaban J connectivity index is 1.92. The van der Waals surface area contributed by atoms with E-state index in [1.54, 1.807) is 43.3 Å². The maximum Gasteiger partial charge on any atom is 0.293 e. The Hall–Kier alpha value is -3.32. The van der Waals surface area contributed by atoms with Crippen LogP contribution >= 0.6 is 0 Å². The molecule has 7 nitrogen and oxygen atoms in total. The van der Waals surface area contributed by atoms with Gasteiger partial charge in [0.15, 0.2) is 0 Å². The molecule has 7 heteroatoms. The van der Waals surface area contributed by atoms with Crippen molar-refractivity contribution in [3.63, 3.8) is 0 Å². The second-order valence-electron chi connectivity index (χ2n) is 5.87. The number of hydrogen-bond acceptors (Lipinski definition) is 5. The number of amides is 2. The van der Waals surface area contributed by atoms with Gasteiger partial charge in [0.05, 0.1) is 12.3 Å². The number of para-hydroxylation sites is 3. The molecule has 0 fully saturated rings. The molecular formula is C21H22N2O5. The molecule has 0 radical (unpaired) electrons. The number of carbonyl (C=O) groups excluding carboxylic acids is 2. The van der Waals surface area contributed by atoms with Crippen LogP contribution in [0.1, 0.15) is 24.4 Å². The molecule has 0 bridgehead atoms. The van der Waals surface area contributed by atoms with Gasteiger partial charge < -0.3 is 24.5 Å². The van der Waals surface area contributed by atoms with E-state index < -0.39 is 5.91 Å². The number of carbonyl (C=O) groups is 2. The van der Waals surface area contributed by atoms with E-state index in [4.69, 9.17) is 13.9 Å². The van der Waals surface area contributed by atoms with Crippen molar-refractivity contribution < 1.29 is 23.5 Å². The fourth-order valence-electron chi connectivity index (χ4n) is 2.73. The van der Waals surface area contributed by atoms with Crippen LogP contribution in [0.4, 0.5) is 11.4 Å². The van der Waals surface area contributed by atoms with Crippen LogP contribution in [0, 0.1) is 0 Å². The van der Waals surface area contributed by atoms with Gasteiger partial charge in [-0.3, -0.25) is 9.59 Å². The second kappa shape index (κ2) is 9.05. The Morgan fingerprint density at radius 2 is 1.71 bits per heavy atom. The number of nitrogens with one attached hydrogen (secondary N) is 2. The van der Waals surface area contributed by atoms with Gasteiger partial charge in [-0.2, -0.15) is 0 Å². The smallest absolute Gasteiger partial charge is 0.293 e. The van der Waals surface area contributed by atoms with E-state index in [1.807, 2.05) is 19.1 Å². The van der Waals surface area contributed by atoms with E-state index in [0.717, 1.165) is 0 Å². The fourth-order valence-corrected chi connectivity index (χ4v) is 2.73. The number of fused-ring (bicyclic) bond motifs is 1. The summed E-state index contributed by atoms with van der Waals surface area (Å²) in [4.78, 5) is 25.1. The summed E-state index contributed by atoms with van der Waals surface area (Å²) < 4.78 is 16.4. The highest BCUT2D eigenvalue weighted by molar-refractivity contribution is 6.14. The van der Waals surface area contributed by atoms with Gasteiger partial charge in [-0.05, 0) is 38.1 Å². The molecule has 3 aromatic rings. The lowest BCUT2D eigenvalue weighted by Crippen LogP contribution is -2.21. The second-order valence-corrected chi connectivity index (χ2v) is 5.87. The highest BCUT2D eigenvalue weighted by Crippen LogP contribution is 2.32. The van der Waals surface area contributed by atoms with Crippen molar-refractivity contribution in [1.29, 1.82) is 0 Å². The minimum atomic E-state index is -0.491. The monoisotopic (exact) mass is 382 g/mol. The number of hydrogen-bond donors (Lipinski definition) is 2. The summed E-state index contributed by atoms with van der Waals surface area (Å²) in [7, 11) is 0. The van der Waals surface area contributed by atoms with Gasteiger partial charge in [0.1, 0.15) is 23.6 Å². The molecule has 1 heterocycles. The van der Waals surface area contributed by atoms with Crippen molar-refractivity contribution in [2.45, 2.75) is 13.8 Å². The lowest BCUT2D eigenvalue weighted by molar-refractivity contribution is -0.120. The molecule has 0 atom stereocenters. The first-order valence-corrected chi connectivity index (χ1v) is 9.06. The normalized spacial score (nSPS) is 10.6. The standard InChI is InChI=1S/C21H22N2O5/c1-3-26-13-18(24)23-19-14-9-5-7-11-16(14)28-20(19)21(25)22-15-10-6-8-12-17(15)27-4-2/h5-12H,3-4,13H2,1-2H3,(H,22,25)(H,23,24). The Morgan fingerprint density at radius 1 is 0.964 bits per heavy atom. The van der Waals surface area contributed by atoms with Crippen molar-refractivity contribution in [3.05, 3.63) is 54.3 Å². The van der Waals surface area contributed by atoms with Crippen LogP contribution in [-0.2, 0) is 9.53 Å². The van der Waals surface area contributed by atoms with Gasteiger partial charge in [-0.1, -0.05) is 24.3 Å². The highest BCUT2D eigenvalue weighted by atomic mass is 16.5. The number of ether oxygens (including phenoxy) is 2. The van der Waals surface area contributed by atoms with Crippen LogP contribution in [0.25, 0.3) is 11.0 Å². The van der Waals surface area contributed by atoms with Crippen LogP contribution < -0.4 is 15.4 Å². The molecule has 0 aliphatic rings. The predicted molar refractivity (Wildman–Crippen MR) is 107 cm³/mol. The Bertz CT molecular complexity index is 980. The summed E-state index contributed by atoms with van der Waals surface area (Å²) in [5.41, 5.74) is 1.32. The highest BCUT2D eigenvalue weighted by Gasteiger charge is 2.23. The maximum atomic E-state index is 12.9. The third kappa shape index (κ3) is 4.32. The first-order valence-electron chi connectivity index (χ1n) is 9.06. The van der Waals surface area contributed by atoms with Crippen molar-refractivity contribution in [3.8, 4) is 5.75 Å². The van der Waals surface area contributed by atoms with E-state index in [9.17, 15) is 9.59 Å². The Labute approximate surface area is 162 Å². The van der Waals surface area contributed by atoms with E-state index in [0.29, 0.717) is 41.3 Å². The van der Waals surface area contributed by atoms with Crippen LogP contribution in [-0.4, -0.2) is 31.6 Å². The van der Waals surface area contributed by atoms with Crippen molar-refractivity contribution in [1.82, 2.24) is 0 Å². The number of anilines is 2. The molecule has 0 aliphatic heterocycles. The number of benzene rings is 2. The zero-order valence-electron chi connectivity index (χ0n) is 15.8. The van der Waals surface area contributed by atoms with E-state index in [-0.39, 0.29) is 18.3 Å². The zero-order valence-corrected chi connectivity index (χ0v) is 15.8. The summed E-state index contributed by atoms with van der Waals surface area (Å²) >= 11 is 0. The third-order valence-electron chi connectivity index (χ3n) is 3.94. The lowest BCUT2D eigenvalue weighted by Gasteiger charge is -2.11. The van der Waals surface area contributed by atoms with Crippen molar-refractivity contribution in [2.24, 2.45) is 0 Å². The molecule has 28 heavy (non-hydrogen) atoms. The van der Waals surface area contributed by atoms with Crippen molar-refractivity contribution in [2.75, 3.05) is 30.5 Å². The van der Waals surface area contributed by atoms with Crippen molar-refractivity contribution >= 4 is 34.2 Å². The van der Waals surface area contributed by atoms with Crippen LogP contribution in [0.5, 0.6) is 5.75 Å². The summed E-state index contributed by atoms with van der Waals surface area (Å²) in [5, 5.41) is 6.15. The largest absolute Gasteiger partial charge is 0.492 e. The molecule has 0 saturated carbocycles. The predicted octanol–water partition coefficient (Wildman–Crippen LogP) is 4.06. The average Bonchev–Trinajstić information content (AvgIpc) is 3.07. The Kier molecular flexibility index (Phi) is 6.29.